The molecule has 0 unspecified atom stereocenters. The summed E-state index contributed by atoms with van der Waals surface area (Å²) >= 11 is 0. The highest BCUT2D eigenvalue weighted by Crippen LogP contribution is 2.20. The standard InChI is InChI=1S/C22H24FN3O5/c1-30-20(27)14-24-21(28)15-4-2-6-17(12-15)25-22(29)26-10-8-18(9-11-26)31-19-7-3-5-16(23)13-19/h2-7,12-13,18H,8-11,14H2,1H3,(H,24,28)(H,25,29). The number of rotatable bonds is 6. The van der Waals surface area contributed by atoms with E-state index in [9.17, 15) is 18.8 Å². The zero-order valence-electron chi connectivity index (χ0n) is 17.1. The van der Waals surface area contributed by atoms with Gasteiger partial charge in [0.25, 0.3) is 5.91 Å². The van der Waals surface area contributed by atoms with Crippen LogP contribution in [0.15, 0.2) is 48.5 Å². The first-order valence-corrected chi connectivity index (χ1v) is 9.88. The van der Waals surface area contributed by atoms with Crippen LogP contribution in [-0.2, 0) is 9.53 Å². The van der Waals surface area contributed by atoms with Crippen LogP contribution < -0.4 is 15.4 Å². The quantitative estimate of drug-likeness (QED) is 0.689. The van der Waals surface area contributed by atoms with E-state index in [1.165, 1.54) is 25.3 Å². The van der Waals surface area contributed by atoms with Crippen LogP contribution in [0.1, 0.15) is 23.2 Å². The summed E-state index contributed by atoms with van der Waals surface area (Å²) in [6.07, 6.45) is 1.16. The van der Waals surface area contributed by atoms with E-state index in [0.29, 0.717) is 42.9 Å². The number of halogens is 1. The normalized spacial score (nSPS) is 13.9. The van der Waals surface area contributed by atoms with Gasteiger partial charge in [-0.15, -0.1) is 0 Å². The van der Waals surface area contributed by atoms with Gasteiger partial charge in [0.15, 0.2) is 0 Å². The van der Waals surface area contributed by atoms with Crippen molar-refractivity contribution in [2.45, 2.75) is 18.9 Å². The zero-order valence-corrected chi connectivity index (χ0v) is 17.1. The molecule has 0 spiro atoms. The molecule has 0 radical (unpaired) electrons. The van der Waals surface area contributed by atoms with Crippen LogP contribution in [0.2, 0.25) is 0 Å². The molecule has 1 saturated heterocycles. The molecule has 0 atom stereocenters. The summed E-state index contributed by atoms with van der Waals surface area (Å²) in [7, 11) is 1.24. The lowest BCUT2D eigenvalue weighted by atomic mass is 10.1. The third kappa shape index (κ3) is 6.43. The number of methoxy groups -OCH3 is 1. The molecule has 0 aliphatic carbocycles. The number of ether oxygens (including phenoxy) is 2. The van der Waals surface area contributed by atoms with Gasteiger partial charge in [-0.3, -0.25) is 9.59 Å². The highest BCUT2D eigenvalue weighted by molar-refractivity contribution is 5.98. The van der Waals surface area contributed by atoms with Crippen molar-refractivity contribution in [3.63, 3.8) is 0 Å². The van der Waals surface area contributed by atoms with Crippen LogP contribution in [0.5, 0.6) is 5.75 Å². The van der Waals surface area contributed by atoms with E-state index >= 15 is 0 Å². The number of urea groups is 1. The van der Waals surface area contributed by atoms with Crippen molar-refractivity contribution in [2.24, 2.45) is 0 Å². The Balaban J connectivity index is 1.49. The van der Waals surface area contributed by atoms with Gasteiger partial charge in [-0.1, -0.05) is 12.1 Å². The van der Waals surface area contributed by atoms with E-state index in [4.69, 9.17) is 4.74 Å². The van der Waals surface area contributed by atoms with Gasteiger partial charge in [-0.05, 0) is 30.3 Å². The Hall–Kier alpha value is -3.62. The number of nitrogens with one attached hydrogen (secondary N) is 2. The van der Waals surface area contributed by atoms with Gasteiger partial charge in [0, 0.05) is 43.2 Å². The molecule has 8 nitrogen and oxygen atoms in total. The van der Waals surface area contributed by atoms with Crippen molar-refractivity contribution < 1.29 is 28.2 Å². The maximum absolute atomic E-state index is 13.3. The summed E-state index contributed by atoms with van der Waals surface area (Å²) < 4.78 is 23.6. The Morgan fingerprint density at radius 3 is 2.55 bits per heavy atom. The first-order chi connectivity index (χ1) is 14.9. The van der Waals surface area contributed by atoms with Crippen LogP contribution in [0.4, 0.5) is 14.9 Å². The molecule has 31 heavy (non-hydrogen) atoms. The maximum Gasteiger partial charge on any atom is 0.325 e. The number of hydrogen-bond acceptors (Lipinski definition) is 5. The van der Waals surface area contributed by atoms with Gasteiger partial charge in [-0.2, -0.15) is 0 Å². The molecule has 9 heteroatoms. The van der Waals surface area contributed by atoms with Crippen molar-refractivity contribution in [3.8, 4) is 5.75 Å². The Morgan fingerprint density at radius 2 is 1.84 bits per heavy atom. The molecule has 1 aliphatic rings. The van der Waals surface area contributed by atoms with Crippen LogP contribution in [0.25, 0.3) is 0 Å². The maximum atomic E-state index is 13.3. The topological polar surface area (TPSA) is 97.0 Å². The van der Waals surface area contributed by atoms with Crippen LogP contribution in [0.3, 0.4) is 0 Å². The Labute approximate surface area is 179 Å². The molecule has 0 aromatic heterocycles. The molecule has 0 saturated carbocycles. The number of carbonyl (C=O) groups is 3. The zero-order chi connectivity index (χ0) is 22.2. The molecule has 1 aliphatic heterocycles. The van der Waals surface area contributed by atoms with Gasteiger partial charge in [0.1, 0.15) is 24.2 Å². The van der Waals surface area contributed by atoms with Gasteiger partial charge in [0.2, 0.25) is 0 Å². The van der Waals surface area contributed by atoms with E-state index in [-0.39, 0.29) is 24.5 Å². The third-order valence-corrected chi connectivity index (χ3v) is 4.83. The molecular weight excluding hydrogens is 405 g/mol. The van der Waals surface area contributed by atoms with Gasteiger partial charge in [-0.25, -0.2) is 9.18 Å². The van der Waals surface area contributed by atoms with Gasteiger partial charge in [0.05, 0.1) is 7.11 Å². The Kier molecular flexibility index (Phi) is 7.42. The summed E-state index contributed by atoms with van der Waals surface area (Å²) in [5.74, 6) is -0.875. The largest absolute Gasteiger partial charge is 0.490 e. The summed E-state index contributed by atoms with van der Waals surface area (Å²) in [5.41, 5.74) is 0.776. The summed E-state index contributed by atoms with van der Waals surface area (Å²) in [4.78, 5) is 37.5. The van der Waals surface area contributed by atoms with Crippen molar-refractivity contribution in [3.05, 3.63) is 59.9 Å². The molecule has 2 N–H and O–H groups in total. The molecule has 3 rings (SSSR count). The SMILES string of the molecule is COC(=O)CNC(=O)c1cccc(NC(=O)N2CCC(Oc3cccc(F)c3)CC2)c1. The summed E-state index contributed by atoms with van der Waals surface area (Å²) in [6, 6.07) is 12.1. The first-order valence-electron chi connectivity index (χ1n) is 9.88. The van der Waals surface area contributed by atoms with Crippen molar-refractivity contribution in [1.29, 1.82) is 0 Å². The fourth-order valence-electron chi connectivity index (χ4n) is 3.18. The molecule has 0 bridgehead atoms. The highest BCUT2D eigenvalue weighted by atomic mass is 19.1. The second-order valence-corrected chi connectivity index (χ2v) is 7.03. The van der Waals surface area contributed by atoms with Crippen molar-refractivity contribution in [2.75, 3.05) is 32.1 Å². The number of anilines is 1. The van der Waals surface area contributed by atoms with E-state index < -0.39 is 11.9 Å². The number of amides is 3. The van der Waals surface area contributed by atoms with Crippen LogP contribution >= 0.6 is 0 Å². The number of piperidine rings is 1. The van der Waals surface area contributed by atoms with Crippen LogP contribution in [-0.4, -0.2) is 55.7 Å². The van der Waals surface area contributed by atoms with Crippen LogP contribution in [0, 0.1) is 5.82 Å². The highest BCUT2D eigenvalue weighted by Gasteiger charge is 2.24. The molecular formula is C22H24FN3O5. The molecule has 2 aromatic rings. The van der Waals surface area contributed by atoms with E-state index in [0.717, 1.165) is 0 Å². The Bertz CT molecular complexity index is 944. The number of carbonyl (C=O) groups excluding carboxylic acids is 3. The van der Waals surface area contributed by atoms with Gasteiger partial charge < -0.3 is 25.0 Å². The van der Waals surface area contributed by atoms with E-state index in [1.54, 1.807) is 35.2 Å². The first kappa shape index (κ1) is 22.1. The Morgan fingerprint density at radius 1 is 1.10 bits per heavy atom. The minimum atomic E-state index is -0.553. The van der Waals surface area contributed by atoms with E-state index in [1.807, 2.05) is 0 Å². The fraction of sp³-hybridized carbons (Fsp3) is 0.318. The minimum Gasteiger partial charge on any atom is -0.490 e. The minimum absolute atomic E-state index is 0.0901. The average molecular weight is 429 g/mol. The van der Waals surface area contributed by atoms with Gasteiger partial charge >= 0.3 is 12.0 Å². The van der Waals surface area contributed by atoms with Crippen molar-refractivity contribution >= 4 is 23.6 Å². The monoisotopic (exact) mass is 429 g/mol. The number of hydrogen-bond donors (Lipinski definition) is 2. The number of nitrogens with zero attached hydrogens (tertiary/aromatic N) is 1. The number of esters is 1. The molecule has 164 valence electrons. The van der Waals surface area contributed by atoms with E-state index in [2.05, 4.69) is 15.4 Å². The third-order valence-electron chi connectivity index (χ3n) is 4.83. The second-order valence-electron chi connectivity index (χ2n) is 7.03. The lowest BCUT2D eigenvalue weighted by Gasteiger charge is -2.32. The molecule has 3 amide bonds. The predicted molar refractivity (Wildman–Crippen MR) is 111 cm³/mol. The predicted octanol–water partition coefficient (Wildman–Crippen LogP) is 2.80. The lowest BCUT2D eigenvalue weighted by Crippen LogP contribution is -2.43. The second kappa shape index (κ2) is 10.4. The fourth-order valence-corrected chi connectivity index (χ4v) is 3.18. The molecule has 1 fully saturated rings. The average Bonchev–Trinajstić information content (AvgIpc) is 2.78. The summed E-state index contributed by atoms with van der Waals surface area (Å²) in [6.45, 7) is 0.745. The smallest absolute Gasteiger partial charge is 0.325 e. The summed E-state index contributed by atoms with van der Waals surface area (Å²) in [5, 5.41) is 5.23. The number of likely N-dealkylation sites (tertiary alicyclic amines) is 1. The lowest BCUT2D eigenvalue weighted by molar-refractivity contribution is -0.139. The van der Waals surface area contributed by atoms with Crippen molar-refractivity contribution in [1.82, 2.24) is 10.2 Å². The number of benzene rings is 2. The molecule has 2 aromatic carbocycles. The molecule has 1 heterocycles.